The minimum absolute atomic E-state index is 0.477. The summed E-state index contributed by atoms with van der Waals surface area (Å²) in [4.78, 5) is 11.6. The lowest BCUT2D eigenvalue weighted by atomic mass is 9.77. The van der Waals surface area contributed by atoms with Gasteiger partial charge >= 0.3 is 5.97 Å². The number of hydrogen-bond donors (Lipinski definition) is 1. The van der Waals surface area contributed by atoms with E-state index in [1.807, 2.05) is 24.3 Å². The maximum atomic E-state index is 11.6. The molecule has 1 aromatic rings. The second-order valence-corrected chi connectivity index (χ2v) is 4.68. The van der Waals surface area contributed by atoms with E-state index in [1.54, 1.807) is 7.11 Å². The summed E-state index contributed by atoms with van der Waals surface area (Å²) >= 11 is 0. The van der Waals surface area contributed by atoms with E-state index in [-0.39, 0.29) is 0 Å². The standard InChI is InChI=1S/C14H18O3/c1-17-10-11-6-2-3-7-12(11)14(13(15)16)8-4-5-9-14/h2-3,6-7H,4-5,8-10H2,1H3,(H,15,16). The Balaban J connectivity index is 2.46. The van der Waals surface area contributed by atoms with Crippen LogP contribution in [0, 0.1) is 0 Å². The zero-order chi connectivity index (χ0) is 12.3. The van der Waals surface area contributed by atoms with Crippen molar-refractivity contribution in [3.63, 3.8) is 0 Å². The van der Waals surface area contributed by atoms with E-state index < -0.39 is 11.4 Å². The van der Waals surface area contributed by atoms with Gasteiger partial charge in [-0.05, 0) is 24.0 Å². The highest BCUT2D eigenvalue weighted by atomic mass is 16.5. The van der Waals surface area contributed by atoms with Crippen LogP contribution in [0.5, 0.6) is 0 Å². The molecule has 0 radical (unpaired) electrons. The molecule has 0 saturated heterocycles. The molecular weight excluding hydrogens is 216 g/mol. The molecule has 3 heteroatoms. The van der Waals surface area contributed by atoms with Crippen molar-refractivity contribution in [3.8, 4) is 0 Å². The molecule has 17 heavy (non-hydrogen) atoms. The summed E-state index contributed by atoms with van der Waals surface area (Å²) in [7, 11) is 1.64. The molecule has 1 saturated carbocycles. The Bertz CT molecular complexity index is 406. The van der Waals surface area contributed by atoms with Gasteiger partial charge in [-0.15, -0.1) is 0 Å². The van der Waals surface area contributed by atoms with Crippen LogP contribution in [0.1, 0.15) is 36.8 Å². The predicted molar refractivity (Wildman–Crippen MR) is 64.9 cm³/mol. The Morgan fingerprint density at radius 2 is 2.00 bits per heavy atom. The number of hydrogen-bond acceptors (Lipinski definition) is 2. The minimum atomic E-state index is -0.696. The first-order chi connectivity index (χ1) is 8.20. The third kappa shape index (κ3) is 2.07. The van der Waals surface area contributed by atoms with Crippen LogP contribution >= 0.6 is 0 Å². The topological polar surface area (TPSA) is 46.5 Å². The van der Waals surface area contributed by atoms with Crippen LogP contribution in [0.2, 0.25) is 0 Å². The van der Waals surface area contributed by atoms with Crippen LogP contribution in [0.25, 0.3) is 0 Å². The third-order valence-electron chi connectivity index (χ3n) is 3.70. The summed E-state index contributed by atoms with van der Waals surface area (Å²) in [5.74, 6) is -0.696. The Morgan fingerprint density at radius 1 is 1.35 bits per heavy atom. The molecule has 0 spiro atoms. The Labute approximate surface area is 101 Å². The van der Waals surface area contributed by atoms with Crippen LogP contribution in [-0.2, 0) is 21.6 Å². The van der Waals surface area contributed by atoms with E-state index in [1.165, 1.54) is 0 Å². The first-order valence-corrected chi connectivity index (χ1v) is 6.01. The lowest BCUT2D eigenvalue weighted by Gasteiger charge is -2.26. The third-order valence-corrected chi connectivity index (χ3v) is 3.70. The molecule has 0 atom stereocenters. The molecular formula is C14H18O3. The highest BCUT2D eigenvalue weighted by molar-refractivity contribution is 5.82. The molecule has 1 aliphatic carbocycles. The SMILES string of the molecule is COCc1ccccc1C1(C(=O)O)CCCC1. The molecule has 0 amide bonds. The number of benzene rings is 1. The van der Waals surface area contributed by atoms with E-state index in [4.69, 9.17) is 4.74 Å². The van der Waals surface area contributed by atoms with Crippen molar-refractivity contribution >= 4 is 5.97 Å². The average Bonchev–Trinajstić information content (AvgIpc) is 2.80. The molecule has 1 aromatic carbocycles. The van der Waals surface area contributed by atoms with Gasteiger partial charge in [0.05, 0.1) is 12.0 Å². The zero-order valence-corrected chi connectivity index (χ0v) is 10.1. The van der Waals surface area contributed by atoms with Gasteiger partial charge in [0.2, 0.25) is 0 Å². The van der Waals surface area contributed by atoms with Crippen LogP contribution in [0.15, 0.2) is 24.3 Å². The van der Waals surface area contributed by atoms with Gasteiger partial charge in [0.25, 0.3) is 0 Å². The summed E-state index contributed by atoms with van der Waals surface area (Å²) < 4.78 is 5.16. The quantitative estimate of drug-likeness (QED) is 0.871. The second-order valence-electron chi connectivity index (χ2n) is 4.68. The van der Waals surface area contributed by atoms with Crippen molar-refractivity contribution in [1.82, 2.24) is 0 Å². The Kier molecular flexibility index (Phi) is 3.48. The normalized spacial score (nSPS) is 18.2. The van der Waals surface area contributed by atoms with Gasteiger partial charge in [-0.25, -0.2) is 0 Å². The summed E-state index contributed by atoms with van der Waals surface area (Å²) in [6, 6.07) is 7.75. The van der Waals surface area contributed by atoms with Crippen molar-refractivity contribution in [1.29, 1.82) is 0 Å². The van der Waals surface area contributed by atoms with Gasteiger partial charge in [0.15, 0.2) is 0 Å². The first kappa shape index (κ1) is 12.1. The highest BCUT2D eigenvalue weighted by Gasteiger charge is 2.43. The maximum absolute atomic E-state index is 11.6. The molecule has 0 aromatic heterocycles. The van der Waals surface area contributed by atoms with Crippen LogP contribution in [0.4, 0.5) is 0 Å². The number of methoxy groups -OCH3 is 1. The molecule has 1 fully saturated rings. The smallest absolute Gasteiger partial charge is 0.314 e. The van der Waals surface area contributed by atoms with Crippen LogP contribution in [0.3, 0.4) is 0 Å². The number of carbonyl (C=O) groups is 1. The molecule has 0 heterocycles. The van der Waals surface area contributed by atoms with Gasteiger partial charge in [0.1, 0.15) is 0 Å². The number of carboxylic acid groups (broad SMARTS) is 1. The number of carboxylic acids is 1. The number of aliphatic carboxylic acids is 1. The zero-order valence-electron chi connectivity index (χ0n) is 10.1. The second kappa shape index (κ2) is 4.88. The molecule has 2 rings (SSSR count). The fourth-order valence-corrected chi connectivity index (χ4v) is 2.85. The van der Waals surface area contributed by atoms with Crippen LogP contribution < -0.4 is 0 Å². The molecule has 0 aliphatic heterocycles. The molecule has 0 unspecified atom stereocenters. The monoisotopic (exact) mass is 234 g/mol. The summed E-state index contributed by atoms with van der Waals surface area (Å²) in [5.41, 5.74) is 1.25. The number of rotatable bonds is 4. The lowest BCUT2D eigenvalue weighted by molar-refractivity contribution is -0.143. The first-order valence-electron chi connectivity index (χ1n) is 6.01. The van der Waals surface area contributed by atoms with E-state index in [2.05, 4.69) is 0 Å². The van der Waals surface area contributed by atoms with Crippen molar-refractivity contribution in [2.24, 2.45) is 0 Å². The Hall–Kier alpha value is -1.35. The van der Waals surface area contributed by atoms with Crippen LogP contribution in [-0.4, -0.2) is 18.2 Å². The summed E-state index contributed by atoms with van der Waals surface area (Å²) in [6.45, 7) is 0.477. The lowest BCUT2D eigenvalue weighted by Crippen LogP contribution is -2.33. The van der Waals surface area contributed by atoms with Gasteiger partial charge in [-0.1, -0.05) is 37.1 Å². The summed E-state index contributed by atoms with van der Waals surface area (Å²) in [6.07, 6.45) is 3.47. The highest BCUT2D eigenvalue weighted by Crippen LogP contribution is 2.42. The molecule has 1 aliphatic rings. The number of ether oxygens (including phenoxy) is 1. The van der Waals surface area contributed by atoms with E-state index in [0.29, 0.717) is 6.61 Å². The summed E-state index contributed by atoms with van der Waals surface area (Å²) in [5, 5.41) is 9.57. The van der Waals surface area contributed by atoms with E-state index in [9.17, 15) is 9.90 Å². The predicted octanol–water partition coefficient (Wildman–Crippen LogP) is 2.73. The maximum Gasteiger partial charge on any atom is 0.314 e. The Morgan fingerprint density at radius 3 is 2.59 bits per heavy atom. The van der Waals surface area contributed by atoms with E-state index >= 15 is 0 Å². The molecule has 92 valence electrons. The molecule has 0 bridgehead atoms. The molecule has 3 nitrogen and oxygen atoms in total. The largest absolute Gasteiger partial charge is 0.481 e. The van der Waals surface area contributed by atoms with Crippen molar-refractivity contribution in [2.45, 2.75) is 37.7 Å². The minimum Gasteiger partial charge on any atom is -0.481 e. The van der Waals surface area contributed by atoms with Gasteiger partial charge < -0.3 is 9.84 Å². The van der Waals surface area contributed by atoms with Gasteiger partial charge in [-0.3, -0.25) is 4.79 Å². The molecule has 1 N–H and O–H groups in total. The van der Waals surface area contributed by atoms with Crippen molar-refractivity contribution in [2.75, 3.05) is 7.11 Å². The van der Waals surface area contributed by atoms with E-state index in [0.717, 1.165) is 36.8 Å². The fourth-order valence-electron chi connectivity index (χ4n) is 2.85. The van der Waals surface area contributed by atoms with Crippen molar-refractivity contribution in [3.05, 3.63) is 35.4 Å². The van der Waals surface area contributed by atoms with Crippen molar-refractivity contribution < 1.29 is 14.6 Å². The van der Waals surface area contributed by atoms with Gasteiger partial charge in [0, 0.05) is 7.11 Å². The average molecular weight is 234 g/mol. The van der Waals surface area contributed by atoms with Gasteiger partial charge in [-0.2, -0.15) is 0 Å². The fraction of sp³-hybridized carbons (Fsp3) is 0.500.